The molecule has 29 heavy (non-hydrogen) atoms. The SMILES string of the molecule is CC(=O)OCC1=C2[C@@H](OC(C)=O)C[C@@](C)(O)[C@@]3(O)CC[C@](C)(O3)[C@@H]3O[C@]23OC1=O. The van der Waals surface area contributed by atoms with E-state index in [4.69, 9.17) is 23.7 Å². The van der Waals surface area contributed by atoms with Gasteiger partial charge in [0.05, 0.1) is 11.1 Å². The second-order valence-electron chi connectivity index (χ2n) is 8.50. The first kappa shape index (κ1) is 20.3. The summed E-state index contributed by atoms with van der Waals surface area (Å²) in [5, 5.41) is 22.1. The number of carbonyl (C=O) groups excluding carboxylic acids is 3. The molecule has 4 aliphatic heterocycles. The molecule has 0 amide bonds. The summed E-state index contributed by atoms with van der Waals surface area (Å²) in [5.41, 5.74) is -2.73. The molecule has 160 valence electrons. The largest absolute Gasteiger partial charge is 0.461 e. The van der Waals surface area contributed by atoms with Crippen LogP contribution in [0.4, 0.5) is 0 Å². The highest BCUT2D eigenvalue weighted by atomic mass is 16.8. The van der Waals surface area contributed by atoms with Gasteiger partial charge in [-0.3, -0.25) is 9.59 Å². The molecular weight excluding hydrogens is 388 g/mol. The molecule has 0 unspecified atom stereocenters. The van der Waals surface area contributed by atoms with Crippen LogP contribution in [0.3, 0.4) is 0 Å². The van der Waals surface area contributed by atoms with Crippen LogP contribution in [0.15, 0.2) is 11.1 Å². The van der Waals surface area contributed by atoms with Crippen molar-refractivity contribution in [2.45, 2.75) is 81.9 Å². The van der Waals surface area contributed by atoms with Crippen molar-refractivity contribution < 1.29 is 48.3 Å². The van der Waals surface area contributed by atoms with E-state index in [1.54, 1.807) is 6.92 Å². The lowest BCUT2D eigenvalue weighted by atomic mass is 9.80. The molecule has 4 aliphatic rings. The van der Waals surface area contributed by atoms with Gasteiger partial charge in [-0.2, -0.15) is 0 Å². The molecule has 10 nitrogen and oxygen atoms in total. The Morgan fingerprint density at radius 3 is 2.48 bits per heavy atom. The maximum atomic E-state index is 12.6. The van der Waals surface area contributed by atoms with Gasteiger partial charge in [-0.25, -0.2) is 4.79 Å². The van der Waals surface area contributed by atoms with Gasteiger partial charge in [0.1, 0.15) is 23.9 Å². The predicted octanol–water partition coefficient (Wildman–Crippen LogP) is -0.158. The fraction of sp³-hybridized carbons (Fsp3) is 0.737. The van der Waals surface area contributed by atoms with Gasteiger partial charge in [0, 0.05) is 26.7 Å². The summed E-state index contributed by atoms with van der Waals surface area (Å²) < 4.78 is 27.6. The number of ether oxygens (including phenoxy) is 5. The summed E-state index contributed by atoms with van der Waals surface area (Å²) in [6, 6.07) is 0. The van der Waals surface area contributed by atoms with E-state index in [1.165, 1.54) is 20.8 Å². The van der Waals surface area contributed by atoms with Crippen LogP contribution in [0.5, 0.6) is 0 Å². The van der Waals surface area contributed by atoms with Crippen LogP contribution < -0.4 is 0 Å². The van der Waals surface area contributed by atoms with Crippen molar-refractivity contribution in [2.75, 3.05) is 6.61 Å². The number of epoxide rings is 1. The van der Waals surface area contributed by atoms with Crippen LogP contribution >= 0.6 is 0 Å². The first-order chi connectivity index (χ1) is 13.3. The number of hydrogen-bond donors (Lipinski definition) is 2. The Labute approximate surface area is 166 Å². The standard InChI is InChI=1S/C19H24O10/c1-9(20)25-8-11-13-12(26-10(2)21)7-17(4,23)18(24)6-5-16(3,29-18)15-19(13,28-15)27-14(11)22/h12,15,23-24H,5-8H2,1-4H3/t12-,15-,16-,17+,18+,19+/m0/s1. The van der Waals surface area contributed by atoms with Gasteiger partial charge in [-0.15, -0.1) is 0 Å². The molecule has 2 bridgehead atoms. The molecule has 0 aromatic heterocycles. The molecule has 0 aromatic carbocycles. The Bertz CT molecular complexity index is 831. The van der Waals surface area contributed by atoms with Crippen molar-refractivity contribution in [1.29, 1.82) is 0 Å². The molecule has 6 atom stereocenters. The highest BCUT2D eigenvalue weighted by Gasteiger charge is 2.79. The monoisotopic (exact) mass is 412 g/mol. The highest BCUT2D eigenvalue weighted by molar-refractivity contribution is 5.94. The summed E-state index contributed by atoms with van der Waals surface area (Å²) in [4.78, 5) is 35.7. The molecule has 0 radical (unpaired) electrons. The van der Waals surface area contributed by atoms with Gasteiger partial charge < -0.3 is 33.9 Å². The average Bonchev–Trinajstić information content (AvgIpc) is 3.09. The minimum Gasteiger partial charge on any atom is -0.461 e. The number of carbonyl (C=O) groups is 3. The Morgan fingerprint density at radius 1 is 1.17 bits per heavy atom. The van der Waals surface area contributed by atoms with Gasteiger partial charge >= 0.3 is 17.9 Å². The van der Waals surface area contributed by atoms with Crippen molar-refractivity contribution in [3.05, 3.63) is 11.1 Å². The molecule has 0 saturated carbocycles. The van der Waals surface area contributed by atoms with E-state index in [0.717, 1.165) is 0 Å². The number of rotatable bonds is 3. The van der Waals surface area contributed by atoms with E-state index in [0.29, 0.717) is 6.42 Å². The Hall–Kier alpha value is -2.01. The van der Waals surface area contributed by atoms with Crippen molar-refractivity contribution >= 4 is 17.9 Å². The number of hydrogen-bond acceptors (Lipinski definition) is 10. The minimum atomic E-state index is -1.91. The Morgan fingerprint density at radius 2 is 1.86 bits per heavy atom. The van der Waals surface area contributed by atoms with Gasteiger partial charge in [0.25, 0.3) is 5.79 Å². The van der Waals surface area contributed by atoms with E-state index in [9.17, 15) is 24.6 Å². The maximum Gasteiger partial charge on any atom is 0.340 e. The van der Waals surface area contributed by atoms with Crippen LogP contribution in [0.25, 0.3) is 0 Å². The number of esters is 3. The molecule has 0 aliphatic carbocycles. The van der Waals surface area contributed by atoms with Gasteiger partial charge in [-0.05, 0) is 20.3 Å². The van der Waals surface area contributed by atoms with Crippen LogP contribution in [0.1, 0.15) is 47.0 Å². The van der Waals surface area contributed by atoms with Crippen LogP contribution in [-0.4, -0.2) is 69.7 Å². The van der Waals surface area contributed by atoms with E-state index < -0.39 is 59.5 Å². The van der Waals surface area contributed by atoms with E-state index in [2.05, 4.69) is 0 Å². The molecule has 0 aromatic rings. The van der Waals surface area contributed by atoms with Gasteiger partial charge in [0.2, 0.25) is 0 Å². The third kappa shape index (κ3) is 2.89. The summed E-state index contributed by atoms with van der Waals surface area (Å²) in [6.07, 6.45) is -1.78. The second-order valence-corrected chi connectivity index (χ2v) is 8.50. The first-order valence-corrected chi connectivity index (χ1v) is 9.44. The van der Waals surface area contributed by atoms with E-state index in [1.807, 2.05) is 0 Å². The summed E-state index contributed by atoms with van der Waals surface area (Å²) in [7, 11) is 0. The molecule has 2 N–H and O–H groups in total. The van der Waals surface area contributed by atoms with Crippen molar-refractivity contribution in [3.63, 3.8) is 0 Å². The van der Waals surface area contributed by atoms with E-state index in [-0.39, 0.29) is 24.0 Å². The summed E-state index contributed by atoms with van der Waals surface area (Å²) in [5.74, 6) is -5.51. The predicted molar refractivity (Wildman–Crippen MR) is 91.8 cm³/mol. The lowest BCUT2D eigenvalue weighted by molar-refractivity contribution is -0.306. The lowest BCUT2D eigenvalue weighted by Crippen LogP contribution is -2.55. The zero-order valence-electron chi connectivity index (χ0n) is 16.6. The Balaban J connectivity index is 1.86. The zero-order valence-corrected chi connectivity index (χ0v) is 16.6. The smallest absolute Gasteiger partial charge is 0.340 e. The maximum absolute atomic E-state index is 12.6. The van der Waals surface area contributed by atoms with Crippen LogP contribution in [0, 0.1) is 0 Å². The van der Waals surface area contributed by atoms with Gasteiger partial charge in [-0.1, -0.05) is 0 Å². The van der Waals surface area contributed by atoms with Crippen LogP contribution in [-0.2, 0) is 38.1 Å². The topological polar surface area (TPSA) is 141 Å². The Kier molecular flexibility index (Phi) is 4.20. The normalized spacial score (nSPS) is 45.4. The number of aliphatic hydroxyl groups is 2. The quantitative estimate of drug-likeness (QED) is 0.365. The average molecular weight is 412 g/mol. The molecule has 1 spiro atoms. The van der Waals surface area contributed by atoms with Crippen molar-refractivity contribution in [2.24, 2.45) is 0 Å². The third-order valence-corrected chi connectivity index (χ3v) is 6.16. The molecule has 4 rings (SSSR count). The third-order valence-electron chi connectivity index (χ3n) is 6.16. The minimum absolute atomic E-state index is 0.0156. The number of fused-ring (bicyclic) bond motifs is 3. The fourth-order valence-electron chi connectivity index (χ4n) is 4.65. The van der Waals surface area contributed by atoms with Gasteiger partial charge in [0.15, 0.2) is 11.9 Å². The van der Waals surface area contributed by atoms with E-state index >= 15 is 0 Å². The molecule has 3 fully saturated rings. The molecule has 4 heterocycles. The van der Waals surface area contributed by atoms with Crippen LogP contribution in [0.2, 0.25) is 0 Å². The molecule has 10 heteroatoms. The molecule has 3 saturated heterocycles. The van der Waals surface area contributed by atoms with Crippen molar-refractivity contribution in [1.82, 2.24) is 0 Å². The fourth-order valence-corrected chi connectivity index (χ4v) is 4.65. The first-order valence-electron chi connectivity index (χ1n) is 9.44. The lowest BCUT2D eigenvalue weighted by Gasteiger charge is -2.40. The van der Waals surface area contributed by atoms with Crippen molar-refractivity contribution in [3.8, 4) is 0 Å². The molecular formula is C19H24O10. The second kappa shape index (κ2) is 6.00. The summed E-state index contributed by atoms with van der Waals surface area (Å²) in [6.45, 7) is 5.05. The zero-order chi connectivity index (χ0) is 21.4. The highest BCUT2D eigenvalue weighted by Crippen LogP contribution is 2.62. The summed E-state index contributed by atoms with van der Waals surface area (Å²) >= 11 is 0.